The van der Waals surface area contributed by atoms with Gasteiger partial charge in [0.1, 0.15) is 96.7 Å². The van der Waals surface area contributed by atoms with Crippen LogP contribution in [0.5, 0.6) is 0 Å². The fourth-order valence-corrected chi connectivity index (χ4v) is 14.7. The fourth-order valence-electron chi connectivity index (χ4n) is 14.7. The molecule has 0 spiro atoms. The Morgan fingerprint density at radius 2 is 0.700 bits per heavy atom. The second-order valence-electron chi connectivity index (χ2n) is 36.1. The molecule has 2 aromatic heterocycles. The number of rotatable bonds is 72. The first kappa shape index (κ1) is 126. The Labute approximate surface area is 861 Å². The summed E-state index contributed by atoms with van der Waals surface area (Å²) in [5.74, 6) is -29.9. The first-order valence-electron chi connectivity index (χ1n) is 48.3. The molecule has 0 aliphatic heterocycles. The van der Waals surface area contributed by atoms with E-state index in [1.54, 1.807) is 74.5 Å². The number of hydrogen-bond acceptors (Lipinski definition) is 30. The molecular formula is C93H140N28O29. The molecule has 4 rings (SSSR count). The predicted octanol–water partition coefficient (Wildman–Crippen LogP) is -9.11. The Morgan fingerprint density at radius 3 is 1.08 bits per heavy atom. The molecule has 826 valence electrons. The number of carbonyl (C=O) groups excluding carboxylic acids is 18. The number of guanidine groups is 1. The number of nitrogens with two attached hydrogens (primary N) is 5. The normalized spacial score (nSPS) is 14.5. The lowest BCUT2D eigenvalue weighted by molar-refractivity contribution is -0.143. The topological polar surface area (TPSA) is 942 Å². The number of aliphatic hydroxyl groups is 1. The van der Waals surface area contributed by atoms with Crippen molar-refractivity contribution < 1.29 is 141 Å². The number of amides is 18. The average molecular weight is 2110 g/mol. The van der Waals surface area contributed by atoms with E-state index in [2.05, 4.69) is 116 Å². The second kappa shape index (κ2) is 66.1. The number of imidazole rings is 2. The molecule has 0 radical (unpaired) electrons. The largest absolute Gasteiger partial charge is 0.481 e. The van der Waals surface area contributed by atoms with Crippen LogP contribution in [0, 0.1) is 17.2 Å². The highest BCUT2D eigenvalue weighted by Crippen LogP contribution is 2.17. The smallest absolute Gasteiger partial charge is 0.326 e. The van der Waals surface area contributed by atoms with Gasteiger partial charge in [-0.05, 0) is 127 Å². The first-order valence-corrected chi connectivity index (χ1v) is 48.3. The number of nitrogens with zero attached hydrogens (tertiary/aromatic N) is 2. The molecule has 57 heteroatoms. The van der Waals surface area contributed by atoms with Crippen LogP contribution in [0.1, 0.15) is 173 Å². The van der Waals surface area contributed by atoms with Gasteiger partial charge in [-0.25, -0.2) is 14.8 Å². The van der Waals surface area contributed by atoms with Crippen molar-refractivity contribution in [1.82, 2.24) is 116 Å². The van der Waals surface area contributed by atoms with E-state index in [9.17, 15) is 131 Å². The number of aliphatic carboxylic acids is 5. The standard InChI is InChI=1S/C93H140N28O29/c1-47(2)34-61(78(135)103-43-70(124)107-58(25-28-71(125)126)82(139)111-59(26-29-72(127)128)83(140)117-65(39-69(97)123)88(145)119-67(92(149)150)36-52-20-11-8-12-21-52)115-89(146)66(40-74(131)132)118-79(136)55(22-13-15-31-94)108-85(142)62(35-51-18-9-7-10-19-51)116-80(137)57(24-17-33-102-93(98)99)110-87(144)64(38-54-42-101-46-105-54)114-77(134)50(6)106-91(148)75(48(3)4)121-84(141)60(27-30-73(129)130)112-90(147)68(44-122)120-81(138)56(23-14-16-32-95)109-86(143)63(113-76(133)49(5)96)37-53-41-100-45-104-53/h7-12,18-21,41-42,45-50,55-68,75,122H,13-17,22-40,43-44,94-96H2,1-6H3,(H2,97,123)(H,100,104)(H,101,105)(H,103,135)(H,106,148)(H,107,124)(H,108,142)(H,109,143)(H,110,144)(H,111,139)(H,112,147)(H,113,133)(H,114,134)(H,115,146)(H,116,137)(H,117,140)(H,118,136)(H,119,145)(H,120,138)(H,121,141)(H,125,126)(H,127,128)(H,129,130)(H,131,132)(H,149,150)(H4,98,99,102)/t49-,50-,55-,56-,57-,58-,59-,60-,61-,62-,63-,64-,65-,66-,67-,68-,75-/m0/s1. The number of aliphatic hydroxyl groups excluding tert-OH is 1. The van der Waals surface area contributed by atoms with Crippen molar-refractivity contribution in [2.24, 2.45) is 40.5 Å². The zero-order valence-electron chi connectivity index (χ0n) is 83.8. The summed E-state index contributed by atoms with van der Waals surface area (Å²) in [7, 11) is 0. The SMILES string of the molecule is CC(C)C[C@H](NC(=O)[C@H](CC(=O)O)NC(=O)[C@H](CCCCN)NC(=O)[C@H](Cc1ccccc1)NC(=O)[C@H](CCCNC(=N)N)NC(=O)[C@H](Cc1c[nH]cn1)NC(=O)[C@H](C)NC(=O)[C@@H](NC(=O)[C@H](CCC(=O)O)NC(=O)[C@H](CO)NC(=O)[C@H](CCCCN)NC(=O)[C@H](Cc1c[nH]cn1)NC(=O)[C@H](C)N)C(C)C)C(=O)NCC(=O)N[C@@H](CCC(=O)O)C(=O)N[C@@H](CCC(=O)O)C(=O)N[C@@H](CC(N)=O)C(=O)N[C@@H](Cc1ccccc1)C(=O)O. The number of H-pyrrole nitrogens is 2. The third-order valence-corrected chi connectivity index (χ3v) is 22.7. The van der Waals surface area contributed by atoms with Crippen molar-refractivity contribution in [1.29, 1.82) is 5.41 Å². The molecule has 0 saturated carbocycles. The number of unbranched alkanes of at least 4 members (excludes halogenated alkanes) is 2. The third kappa shape index (κ3) is 48.0. The minimum Gasteiger partial charge on any atom is -0.481 e. The molecule has 0 bridgehead atoms. The van der Waals surface area contributed by atoms with E-state index in [0.717, 1.165) is 0 Å². The van der Waals surface area contributed by atoms with Gasteiger partial charge in [0.2, 0.25) is 106 Å². The lowest BCUT2D eigenvalue weighted by atomic mass is 10.0. The van der Waals surface area contributed by atoms with E-state index in [1.807, 2.05) is 0 Å². The van der Waals surface area contributed by atoms with Gasteiger partial charge in [-0.3, -0.25) is 111 Å². The number of carboxylic acid groups (broad SMARTS) is 5. The third-order valence-electron chi connectivity index (χ3n) is 22.7. The molecule has 18 amide bonds. The summed E-state index contributed by atoms with van der Waals surface area (Å²) in [4.78, 5) is 328. The van der Waals surface area contributed by atoms with E-state index in [1.165, 1.54) is 52.7 Å². The van der Waals surface area contributed by atoms with Crippen LogP contribution in [0.3, 0.4) is 0 Å². The first-order chi connectivity index (χ1) is 70.9. The highest BCUT2D eigenvalue weighted by Gasteiger charge is 2.41. The number of nitrogens with one attached hydrogen (secondary N) is 21. The quantitative estimate of drug-likeness (QED) is 0.0111. The van der Waals surface area contributed by atoms with Gasteiger partial charge in [0.05, 0.1) is 56.1 Å². The van der Waals surface area contributed by atoms with Crippen LogP contribution in [-0.2, 0) is 136 Å². The summed E-state index contributed by atoms with van der Waals surface area (Å²) < 4.78 is 0. The zero-order valence-corrected chi connectivity index (χ0v) is 83.8. The maximum absolute atomic E-state index is 15.1. The molecule has 2 aromatic carbocycles. The molecule has 0 fully saturated rings. The minimum absolute atomic E-state index is 0.0379. The number of carbonyl (C=O) groups is 23. The van der Waals surface area contributed by atoms with Crippen molar-refractivity contribution in [3.8, 4) is 0 Å². The highest BCUT2D eigenvalue weighted by molar-refractivity contribution is 6.03. The molecule has 0 unspecified atom stereocenters. The van der Waals surface area contributed by atoms with E-state index >= 15 is 9.59 Å². The van der Waals surface area contributed by atoms with Gasteiger partial charge < -0.3 is 165 Å². The number of benzene rings is 2. The van der Waals surface area contributed by atoms with Crippen LogP contribution in [0.2, 0.25) is 0 Å². The lowest BCUT2D eigenvalue weighted by Gasteiger charge is -2.28. The van der Waals surface area contributed by atoms with Gasteiger partial charge >= 0.3 is 29.8 Å². The number of primary amides is 1. The van der Waals surface area contributed by atoms with E-state index in [-0.39, 0.29) is 96.0 Å². The monoisotopic (exact) mass is 2110 g/mol. The summed E-state index contributed by atoms with van der Waals surface area (Å²) >= 11 is 0. The fraction of sp³-hybridized carbons (Fsp3) is 0.548. The van der Waals surface area contributed by atoms with Crippen LogP contribution < -0.4 is 124 Å². The van der Waals surface area contributed by atoms with Gasteiger partial charge in [0.15, 0.2) is 5.96 Å². The van der Waals surface area contributed by atoms with Gasteiger partial charge in [0.25, 0.3) is 0 Å². The molecular weight excluding hydrogens is 1970 g/mol. The number of aromatic amines is 2. The minimum atomic E-state index is -2.08. The maximum atomic E-state index is 15.1. The maximum Gasteiger partial charge on any atom is 0.326 e. The van der Waals surface area contributed by atoms with Crippen LogP contribution in [0.15, 0.2) is 85.7 Å². The lowest BCUT2D eigenvalue weighted by Crippen LogP contribution is -2.61. The highest BCUT2D eigenvalue weighted by atomic mass is 16.4. The Hall–Kier alpha value is -16.2. The van der Waals surface area contributed by atoms with E-state index in [4.69, 9.17) is 34.1 Å². The molecule has 0 aliphatic rings. The van der Waals surface area contributed by atoms with Crippen LogP contribution >= 0.6 is 0 Å². The van der Waals surface area contributed by atoms with Crippen LogP contribution in [0.25, 0.3) is 0 Å². The number of aromatic nitrogens is 4. The molecule has 4 aromatic rings. The Morgan fingerprint density at radius 1 is 0.353 bits per heavy atom. The summed E-state index contributed by atoms with van der Waals surface area (Å²) in [6.45, 7) is 6.59. The molecule has 0 saturated heterocycles. The van der Waals surface area contributed by atoms with Crippen molar-refractivity contribution >= 4 is 142 Å². The van der Waals surface area contributed by atoms with Crippen molar-refractivity contribution in [3.63, 3.8) is 0 Å². The van der Waals surface area contributed by atoms with E-state index < -0.39 is 328 Å². The molecule has 150 heavy (non-hydrogen) atoms. The van der Waals surface area contributed by atoms with Crippen molar-refractivity contribution in [2.75, 3.05) is 32.8 Å². The predicted molar refractivity (Wildman–Crippen MR) is 529 cm³/mol. The van der Waals surface area contributed by atoms with Crippen molar-refractivity contribution in [2.45, 2.75) is 279 Å². The molecule has 57 nitrogen and oxygen atoms in total. The van der Waals surface area contributed by atoms with Gasteiger partial charge in [0, 0.05) is 63.9 Å². The number of hydrogen-bond donors (Lipinski definition) is 32. The average Bonchev–Trinajstić information content (AvgIpc) is 0.984. The molecule has 37 N–H and O–H groups in total. The second-order valence-corrected chi connectivity index (χ2v) is 36.1. The zero-order chi connectivity index (χ0) is 112. The molecule has 0 aliphatic carbocycles. The molecule has 2 heterocycles. The van der Waals surface area contributed by atoms with Gasteiger partial charge in [-0.1, -0.05) is 88.4 Å². The van der Waals surface area contributed by atoms with Crippen LogP contribution in [0.4, 0.5) is 0 Å². The van der Waals surface area contributed by atoms with Crippen molar-refractivity contribution in [3.05, 3.63) is 108 Å². The van der Waals surface area contributed by atoms with Gasteiger partial charge in [-0.2, -0.15) is 0 Å². The molecule has 17 atom stereocenters. The summed E-state index contributed by atoms with van der Waals surface area (Å²) in [5.41, 5.74) is 29.6. The Bertz CT molecular complexity index is 5210. The van der Waals surface area contributed by atoms with Crippen LogP contribution in [-0.4, -0.2) is 328 Å². The summed E-state index contributed by atoms with van der Waals surface area (Å²) in [6.07, 6.45) is -2.72. The Kier molecular flexibility index (Phi) is 55.6. The summed E-state index contributed by atoms with van der Waals surface area (Å²) in [5, 5.41) is 111. The number of carboxylic acids is 5. The Balaban J connectivity index is 1.59. The summed E-state index contributed by atoms with van der Waals surface area (Å²) in [6, 6.07) is -12.8. The van der Waals surface area contributed by atoms with Gasteiger partial charge in [-0.15, -0.1) is 0 Å². The van der Waals surface area contributed by atoms with E-state index in [0.29, 0.717) is 23.2 Å².